The van der Waals surface area contributed by atoms with Crippen LogP contribution in [-0.4, -0.2) is 37.0 Å². The van der Waals surface area contributed by atoms with Crippen LogP contribution in [0.25, 0.3) is 0 Å². The van der Waals surface area contributed by atoms with Crippen molar-refractivity contribution in [1.82, 2.24) is 4.31 Å². The summed E-state index contributed by atoms with van der Waals surface area (Å²) >= 11 is 0. The zero-order chi connectivity index (χ0) is 15.6. The van der Waals surface area contributed by atoms with Crippen LogP contribution in [0.5, 0.6) is 0 Å². The van der Waals surface area contributed by atoms with Crippen LogP contribution in [0.4, 0.5) is 0 Å². The van der Waals surface area contributed by atoms with Gasteiger partial charge in [0.2, 0.25) is 10.0 Å². The predicted octanol–water partition coefficient (Wildman–Crippen LogP) is 1.76. The number of sulfonamides is 1. The van der Waals surface area contributed by atoms with E-state index in [-0.39, 0.29) is 12.6 Å². The average molecular weight is 307 g/mol. The Bertz CT molecular complexity index is 685. The monoisotopic (exact) mass is 307 g/mol. The third kappa shape index (κ3) is 3.29. The lowest BCUT2D eigenvalue weighted by molar-refractivity contribution is 0.350. The SMILES string of the molecule is Cc1ccc(C#CCO)cc1S(=O)(=O)N1CC(C)CC1C. The molecule has 0 radical (unpaired) electrons. The first kappa shape index (κ1) is 16.0. The van der Waals surface area contributed by atoms with Crippen molar-refractivity contribution in [2.75, 3.05) is 13.2 Å². The van der Waals surface area contributed by atoms with Gasteiger partial charge in [-0.25, -0.2) is 8.42 Å². The zero-order valence-electron chi connectivity index (χ0n) is 12.6. The number of hydrogen-bond donors (Lipinski definition) is 1. The van der Waals surface area contributed by atoms with E-state index < -0.39 is 10.0 Å². The van der Waals surface area contributed by atoms with E-state index in [4.69, 9.17) is 5.11 Å². The molecule has 21 heavy (non-hydrogen) atoms. The molecule has 5 heteroatoms. The molecule has 4 nitrogen and oxygen atoms in total. The summed E-state index contributed by atoms with van der Waals surface area (Å²) in [5.41, 5.74) is 1.32. The van der Waals surface area contributed by atoms with Crippen molar-refractivity contribution in [2.24, 2.45) is 5.92 Å². The maximum Gasteiger partial charge on any atom is 0.243 e. The summed E-state index contributed by atoms with van der Waals surface area (Å²) in [6.07, 6.45) is 0.891. The molecule has 1 heterocycles. The molecule has 1 aromatic carbocycles. The summed E-state index contributed by atoms with van der Waals surface area (Å²) in [5.74, 6) is 5.69. The molecule has 0 aliphatic carbocycles. The molecule has 114 valence electrons. The number of aliphatic hydroxyl groups is 1. The maximum atomic E-state index is 12.9. The third-order valence-electron chi connectivity index (χ3n) is 3.81. The van der Waals surface area contributed by atoms with E-state index in [1.54, 1.807) is 29.4 Å². The van der Waals surface area contributed by atoms with Crippen LogP contribution in [-0.2, 0) is 10.0 Å². The fourth-order valence-electron chi connectivity index (χ4n) is 2.82. The van der Waals surface area contributed by atoms with Crippen molar-refractivity contribution in [3.8, 4) is 11.8 Å². The first-order valence-electron chi connectivity index (χ1n) is 7.08. The Morgan fingerprint density at radius 1 is 1.38 bits per heavy atom. The molecule has 1 fully saturated rings. The van der Waals surface area contributed by atoms with Crippen molar-refractivity contribution in [3.05, 3.63) is 29.3 Å². The van der Waals surface area contributed by atoms with E-state index in [2.05, 4.69) is 18.8 Å². The third-order valence-corrected chi connectivity index (χ3v) is 5.94. The predicted molar refractivity (Wildman–Crippen MR) is 82.3 cm³/mol. The van der Waals surface area contributed by atoms with Crippen LogP contribution in [0.2, 0.25) is 0 Å². The van der Waals surface area contributed by atoms with Crippen LogP contribution in [0, 0.1) is 24.7 Å². The fraction of sp³-hybridized carbons (Fsp3) is 0.500. The van der Waals surface area contributed by atoms with Crippen LogP contribution in [0.15, 0.2) is 23.1 Å². The van der Waals surface area contributed by atoms with Crippen LogP contribution in [0.3, 0.4) is 0 Å². The van der Waals surface area contributed by atoms with Crippen LogP contribution >= 0.6 is 0 Å². The largest absolute Gasteiger partial charge is 0.384 e. The molecule has 0 saturated carbocycles. The molecule has 0 bridgehead atoms. The van der Waals surface area contributed by atoms with Crippen LogP contribution < -0.4 is 0 Å². The number of aryl methyl sites for hydroxylation is 1. The van der Waals surface area contributed by atoms with Gasteiger partial charge in [-0.15, -0.1) is 0 Å². The second-order valence-electron chi connectivity index (χ2n) is 5.70. The molecule has 0 amide bonds. The zero-order valence-corrected chi connectivity index (χ0v) is 13.4. The Kier molecular flexibility index (Phi) is 4.72. The van der Waals surface area contributed by atoms with Crippen molar-refractivity contribution >= 4 is 10.0 Å². The summed E-state index contributed by atoms with van der Waals surface area (Å²) in [6, 6.07) is 5.16. The molecule has 1 N–H and O–H groups in total. The van der Waals surface area contributed by atoms with Gasteiger partial charge >= 0.3 is 0 Å². The van der Waals surface area contributed by atoms with Gasteiger partial charge in [-0.2, -0.15) is 4.31 Å². The fourth-order valence-corrected chi connectivity index (χ4v) is 4.83. The average Bonchev–Trinajstić information content (AvgIpc) is 2.77. The van der Waals surface area contributed by atoms with Gasteiger partial charge in [-0.3, -0.25) is 0 Å². The second-order valence-corrected chi connectivity index (χ2v) is 7.56. The minimum absolute atomic E-state index is 0.0246. The van der Waals surface area contributed by atoms with E-state index in [1.165, 1.54) is 0 Å². The standard InChI is InChI=1S/C16H21NO3S/c1-12-9-14(3)17(11-12)21(19,20)16-10-15(5-4-8-18)7-6-13(16)2/h6-7,10,12,14,18H,8-9,11H2,1-3H3. The number of benzene rings is 1. The molecule has 1 saturated heterocycles. The molecule has 0 spiro atoms. The van der Waals surface area contributed by atoms with Gasteiger partial charge in [-0.05, 0) is 43.9 Å². The summed E-state index contributed by atoms with van der Waals surface area (Å²) in [4.78, 5) is 0.313. The molecular formula is C16H21NO3S. The lowest BCUT2D eigenvalue weighted by Crippen LogP contribution is -2.34. The van der Waals surface area contributed by atoms with Crippen molar-refractivity contribution < 1.29 is 13.5 Å². The quantitative estimate of drug-likeness (QED) is 0.847. The normalized spacial score (nSPS) is 22.9. The van der Waals surface area contributed by atoms with Gasteiger partial charge in [0.05, 0.1) is 4.90 Å². The molecular weight excluding hydrogens is 286 g/mol. The Labute approximate surface area is 126 Å². The molecule has 1 aliphatic rings. The van der Waals surface area contributed by atoms with Gasteiger partial charge < -0.3 is 5.11 Å². The van der Waals surface area contributed by atoms with E-state index in [9.17, 15) is 8.42 Å². The van der Waals surface area contributed by atoms with Crippen molar-refractivity contribution in [3.63, 3.8) is 0 Å². The van der Waals surface area contributed by atoms with Gasteiger partial charge in [-0.1, -0.05) is 24.8 Å². The Hall–Kier alpha value is -1.35. The molecule has 1 aliphatic heterocycles. The maximum absolute atomic E-state index is 12.9. The highest BCUT2D eigenvalue weighted by molar-refractivity contribution is 7.89. The molecule has 0 aromatic heterocycles. The first-order valence-corrected chi connectivity index (χ1v) is 8.52. The summed E-state index contributed by atoms with van der Waals surface area (Å²) in [6.45, 7) is 6.14. The topological polar surface area (TPSA) is 57.6 Å². The smallest absolute Gasteiger partial charge is 0.243 e. The van der Waals surface area contributed by atoms with E-state index in [1.807, 2.05) is 6.92 Å². The minimum atomic E-state index is -3.50. The Morgan fingerprint density at radius 3 is 2.67 bits per heavy atom. The summed E-state index contributed by atoms with van der Waals surface area (Å²) < 4.78 is 27.3. The minimum Gasteiger partial charge on any atom is -0.384 e. The highest BCUT2D eigenvalue weighted by atomic mass is 32.2. The molecule has 2 atom stereocenters. The first-order chi connectivity index (χ1) is 9.86. The van der Waals surface area contributed by atoms with Crippen molar-refractivity contribution in [1.29, 1.82) is 0 Å². The summed E-state index contributed by atoms with van der Waals surface area (Å²) in [7, 11) is -3.50. The van der Waals surface area contributed by atoms with Gasteiger partial charge in [0.25, 0.3) is 0 Å². The Morgan fingerprint density at radius 2 is 2.10 bits per heavy atom. The van der Waals surface area contributed by atoms with Gasteiger partial charge in [0.15, 0.2) is 0 Å². The number of aliphatic hydroxyl groups excluding tert-OH is 1. The van der Waals surface area contributed by atoms with E-state index in [0.29, 0.717) is 22.9 Å². The molecule has 1 aromatic rings. The lowest BCUT2D eigenvalue weighted by atomic mass is 10.1. The number of hydrogen-bond acceptors (Lipinski definition) is 3. The number of nitrogens with zero attached hydrogens (tertiary/aromatic N) is 1. The molecule has 2 rings (SSSR count). The van der Waals surface area contributed by atoms with Crippen molar-refractivity contribution in [2.45, 2.75) is 38.1 Å². The summed E-state index contributed by atoms with van der Waals surface area (Å²) in [5, 5.41) is 8.75. The van der Waals surface area contributed by atoms with Gasteiger partial charge in [0.1, 0.15) is 6.61 Å². The van der Waals surface area contributed by atoms with E-state index in [0.717, 1.165) is 12.0 Å². The highest BCUT2D eigenvalue weighted by Crippen LogP contribution is 2.30. The number of rotatable bonds is 2. The Balaban J connectivity index is 2.44. The van der Waals surface area contributed by atoms with Gasteiger partial charge in [0, 0.05) is 18.2 Å². The van der Waals surface area contributed by atoms with E-state index >= 15 is 0 Å². The van der Waals surface area contributed by atoms with Crippen LogP contribution in [0.1, 0.15) is 31.4 Å². The lowest BCUT2D eigenvalue weighted by Gasteiger charge is -2.22. The second kappa shape index (κ2) is 6.18. The molecule has 2 unspecified atom stereocenters. The highest BCUT2D eigenvalue weighted by Gasteiger charge is 2.36.